The summed E-state index contributed by atoms with van der Waals surface area (Å²) in [7, 11) is 0. The second-order valence-electron chi connectivity index (χ2n) is 12.3. The van der Waals surface area contributed by atoms with Crippen molar-refractivity contribution in [3.05, 3.63) is 0 Å². The van der Waals surface area contributed by atoms with Crippen LogP contribution in [0.2, 0.25) is 0 Å². The van der Waals surface area contributed by atoms with E-state index in [1.807, 2.05) is 0 Å². The van der Waals surface area contributed by atoms with Crippen LogP contribution in [-0.2, 0) is 14.2 Å². The number of rotatable bonds is 22. The molecule has 0 aromatic heterocycles. The highest BCUT2D eigenvalue weighted by atomic mass is 16.7. The molecule has 0 radical (unpaired) electrons. The Labute approximate surface area is 248 Å². The van der Waals surface area contributed by atoms with Gasteiger partial charge in [0.1, 0.15) is 18.3 Å². The molecule has 2 rings (SSSR count). The molecule has 11 heteroatoms. The molecule has 10 atom stereocenters. The predicted molar refractivity (Wildman–Crippen MR) is 162 cm³/mol. The molecule has 0 unspecified atom stereocenters. The van der Waals surface area contributed by atoms with Crippen molar-refractivity contribution in [2.24, 2.45) is 22.9 Å². The highest BCUT2D eigenvalue weighted by Gasteiger charge is 2.46. The summed E-state index contributed by atoms with van der Waals surface area (Å²) in [6, 6.07) is -1.65. The van der Waals surface area contributed by atoms with Crippen LogP contribution in [0.15, 0.2) is 0 Å². The molecule has 244 valence electrons. The molecule has 11 nitrogen and oxygen atoms in total. The van der Waals surface area contributed by atoms with Crippen molar-refractivity contribution in [1.29, 1.82) is 0 Å². The monoisotopic (exact) mass is 589 g/mol. The number of nitrogens with one attached hydrogen (secondary N) is 1. The molecule has 1 aliphatic heterocycles. The molecule has 0 amide bonds. The summed E-state index contributed by atoms with van der Waals surface area (Å²) in [6.07, 6.45) is 12.1. The third-order valence-electron chi connectivity index (χ3n) is 8.50. The molecule has 1 aliphatic carbocycles. The van der Waals surface area contributed by atoms with Gasteiger partial charge in [-0.2, -0.15) is 0 Å². The van der Waals surface area contributed by atoms with Gasteiger partial charge in [-0.1, -0.05) is 84.0 Å². The van der Waals surface area contributed by atoms with Gasteiger partial charge in [-0.3, -0.25) is 0 Å². The van der Waals surface area contributed by atoms with Crippen LogP contribution < -0.4 is 28.3 Å². The quantitative estimate of drug-likeness (QED) is 0.0836. The predicted octanol–water partition coefficient (Wildman–Crippen LogP) is 0.980. The van der Waals surface area contributed by atoms with Gasteiger partial charge in [0.2, 0.25) is 0 Å². The number of unbranched alkanes of at least 4 members (excludes halogenated alkanes) is 12. The van der Waals surface area contributed by atoms with Crippen molar-refractivity contribution in [2.75, 3.05) is 26.2 Å². The topological polar surface area (TPSA) is 204 Å². The van der Waals surface area contributed by atoms with E-state index in [0.717, 1.165) is 13.0 Å². The second kappa shape index (κ2) is 21.3. The first-order chi connectivity index (χ1) is 19.8. The minimum atomic E-state index is -1.13. The normalized spacial score (nSPS) is 33.2. The van der Waals surface area contributed by atoms with E-state index < -0.39 is 61.0 Å². The van der Waals surface area contributed by atoms with Crippen molar-refractivity contribution in [2.45, 2.75) is 164 Å². The highest BCUT2D eigenvalue weighted by Crippen LogP contribution is 2.28. The largest absolute Gasteiger partial charge is 0.390 e. The zero-order chi connectivity index (χ0) is 30.0. The Morgan fingerprint density at radius 2 is 1.37 bits per heavy atom. The number of nitrogens with two attached hydrogens (primary N) is 4. The summed E-state index contributed by atoms with van der Waals surface area (Å²) >= 11 is 0. The minimum Gasteiger partial charge on any atom is -0.390 e. The lowest BCUT2D eigenvalue weighted by atomic mass is 9.84. The molecule has 2 fully saturated rings. The summed E-state index contributed by atoms with van der Waals surface area (Å²) in [6.45, 7) is 3.67. The fourth-order valence-corrected chi connectivity index (χ4v) is 5.90. The molecule has 41 heavy (non-hydrogen) atoms. The molecule has 2 aliphatic rings. The summed E-state index contributed by atoms with van der Waals surface area (Å²) in [4.78, 5) is 0. The fourth-order valence-electron chi connectivity index (χ4n) is 5.90. The smallest absolute Gasteiger partial charge is 0.173 e. The van der Waals surface area contributed by atoms with Crippen LogP contribution in [0, 0.1) is 0 Å². The summed E-state index contributed by atoms with van der Waals surface area (Å²) in [5, 5.41) is 34.8. The minimum absolute atomic E-state index is 0.0316. The van der Waals surface area contributed by atoms with Crippen LogP contribution in [0.4, 0.5) is 0 Å². The van der Waals surface area contributed by atoms with E-state index >= 15 is 0 Å². The van der Waals surface area contributed by atoms with E-state index in [1.54, 1.807) is 0 Å². The van der Waals surface area contributed by atoms with Crippen LogP contribution >= 0.6 is 0 Å². The van der Waals surface area contributed by atoms with E-state index in [2.05, 4.69) is 12.2 Å². The van der Waals surface area contributed by atoms with Gasteiger partial charge in [-0.15, -0.1) is 0 Å². The maximum atomic E-state index is 11.0. The van der Waals surface area contributed by atoms with Crippen molar-refractivity contribution in [1.82, 2.24) is 5.32 Å². The molecule has 0 bridgehead atoms. The van der Waals surface area contributed by atoms with Gasteiger partial charge in [0.25, 0.3) is 0 Å². The van der Waals surface area contributed by atoms with Gasteiger partial charge in [0, 0.05) is 25.2 Å². The highest BCUT2D eigenvalue weighted by molar-refractivity contribution is 4.99. The van der Waals surface area contributed by atoms with Crippen LogP contribution in [0.1, 0.15) is 103 Å². The van der Waals surface area contributed by atoms with Gasteiger partial charge in [-0.05, 0) is 25.8 Å². The third-order valence-corrected chi connectivity index (χ3v) is 8.50. The van der Waals surface area contributed by atoms with Gasteiger partial charge < -0.3 is 57.8 Å². The van der Waals surface area contributed by atoms with Crippen molar-refractivity contribution in [3.8, 4) is 0 Å². The van der Waals surface area contributed by atoms with E-state index in [-0.39, 0.29) is 19.6 Å². The number of aliphatic hydroxyl groups is 3. The Hall–Kier alpha value is -0.440. The lowest BCUT2D eigenvalue weighted by molar-refractivity contribution is -0.270. The molecule has 1 saturated carbocycles. The number of aliphatic hydroxyl groups excluding tert-OH is 3. The Bertz CT molecular complexity index is 652. The van der Waals surface area contributed by atoms with E-state index in [0.29, 0.717) is 13.0 Å². The van der Waals surface area contributed by atoms with Crippen molar-refractivity contribution >= 4 is 0 Å². The molecule has 1 saturated heterocycles. The molecule has 0 spiro atoms. The van der Waals surface area contributed by atoms with E-state index in [9.17, 15) is 15.3 Å². The van der Waals surface area contributed by atoms with E-state index in [4.69, 9.17) is 37.1 Å². The third kappa shape index (κ3) is 13.8. The van der Waals surface area contributed by atoms with Gasteiger partial charge >= 0.3 is 0 Å². The standard InChI is InChI=1S/C30H63N5O6/c1-2-3-4-5-6-7-8-9-10-11-12-13-14-15-35-19-21(36)20-39-28-22(32)16-23(33)29(27(28)38)41-30-24(34)17-25(37)26(18-31)40-30/h21-30,35-38H,2-20,31-34H2,1H3/t21-,22-,23+,24+,25-,26+,27-,28+,29-,30+/m0/s1. The van der Waals surface area contributed by atoms with Crippen molar-refractivity contribution in [3.63, 3.8) is 0 Å². The number of hydrogen-bond donors (Lipinski definition) is 8. The first-order valence-electron chi connectivity index (χ1n) is 16.4. The average Bonchev–Trinajstić information content (AvgIpc) is 2.94. The number of hydrogen-bond acceptors (Lipinski definition) is 11. The zero-order valence-corrected chi connectivity index (χ0v) is 25.6. The van der Waals surface area contributed by atoms with Gasteiger partial charge in [-0.25, -0.2) is 0 Å². The van der Waals surface area contributed by atoms with Crippen LogP contribution in [0.25, 0.3) is 0 Å². The van der Waals surface area contributed by atoms with E-state index in [1.165, 1.54) is 77.0 Å². The Balaban J connectivity index is 1.56. The first kappa shape index (κ1) is 36.8. The molecule has 12 N–H and O–H groups in total. The summed E-state index contributed by atoms with van der Waals surface area (Å²) < 4.78 is 17.6. The Morgan fingerprint density at radius 1 is 0.805 bits per heavy atom. The van der Waals surface area contributed by atoms with Crippen LogP contribution in [-0.4, -0.2) is 103 Å². The SMILES string of the molecule is CCCCCCCCCCCCCCCNC[C@H](O)CO[C@H]1[C@H](O)[C@@H](O[C@H]2O[C@H](CN)[C@@H](O)C[C@H]2N)[C@H](N)C[C@@H]1N. The van der Waals surface area contributed by atoms with Crippen LogP contribution in [0.5, 0.6) is 0 Å². The van der Waals surface area contributed by atoms with Gasteiger partial charge in [0.15, 0.2) is 6.29 Å². The molecular formula is C30H63N5O6. The first-order valence-corrected chi connectivity index (χ1v) is 16.4. The number of ether oxygens (including phenoxy) is 3. The average molecular weight is 590 g/mol. The fraction of sp³-hybridized carbons (Fsp3) is 1.00. The zero-order valence-electron chi connectivity index (χ0n) is 25.6. The molecule has 0 aromatic carbocycles. The summed E-state index contributed by atoms with van der Waals surface area (Å²) in [5.74, 6) is 0. The van der Waals surface area contributed by atoms with Crippen molar-refractivity contribution < 1.29 is 29.5 Å². The lowest BCUT2D eigenvalue weighted by Gasteiger charge is -2.45. The molecular weight excluding hydrogens is 526 g/mol. The molecule has 1 heterocycles. The maximum absolute atomic E-state index is 11.0. The Kier molecular flexibility index (Phi) is 19.1. The molecule has 0 aromatic rings. The van der Waals surface area contributed by atoms with Crippen LogP contribution in [0.3, 0.4) is 0 Å². The lowest BCUT2D eigenvalue weighted by Crippen LogP contribution is -2.65. The van der Waals surface area contributed by atoms with Gasteiger partial charge in [0.05, 0.1) is 31.0 Å². The Morgan fingerprint density at radius 3 is 1.95 bits per heavy atom. The second-order valence-corrected chi connectivity index (χ2v) is 12.3. The summed E-state index contributed by atoms with van der Waals surface area (Å²) in [5.41, 5.74) is 24.3. The maximum Gasteiger partial charge on any atom is 0.173 e.